The van der Waals surface area contributed by atoms with Crippen molar-refractivity contribution in [3.05, 3.63) is 11.9 Å². The third-order valence-corrected chi connectivity index (χ3v) is 3.94. The quantitative estimate of drug-likeness (QED) is 0.873. The Morgan fingerprint density at radius 1 is 1.55 bits per heavy atom. The molecule has 0 amide bonds. The van der Waals surface area contributed by atoms with Gasteiger partial charge in [-0.05, 0) is 20.8 Å². The molecule has 0 aliphatic carbocycles. The molecule has 20 heavy (non-hydrogen) atoms. The zero-order valence-electron chi connectivity index (χ0n) is 12.9. The lowest BCUT2D eigenvalue weighted by Crippen LogP contribution is -2.49. The summed E-state index contributed by atoms with van der Waals surface area (Å²) in [5.41, 5.74) is 7.36. The van der Waals surface area contributed by atoms with Crippen LogP contribution in [-0.4, -0.2) is 53.6 Å². The summed E-state index contributed by atoms with van der Waals surface area (Å²) in [4.78, 5) is 2.40. The maximum Gasteiger partial charge on any atom is 0.161 e. The molecule has 2 rings (SSSR count). The molecule has 1 saturated heterocycles. The molecule has 6 nitrogen and oxygen atoms in total. The predicted octanol–water partition coefficient (Wildman–Crippen LogP) is 1.02. The second-order valence-electron chi connectivity index (χ2n) is 5.44. The van der Waals surface area contributed by atoms with Gasteiger partial charge >= 0.3 is 0 Å². The normalized spacial score (nSPS) is 22.2. The summed E-state index contributed by atoms with van der Waals surface area (Å²) in [6.07, 6.45) is 1.70. The molecule has 2 heterocycles. The van der Waals surface area contributed by atoms with Crippen molar-refractivity contribution in [2.45, 2.75) is 45.5 Å². The number of hydrogen-bond acceptors (Lipinski definition) is 5. The van der Waals surface area contributed by atoms with Gasteiger partial charge in [-0.25, -0.2) is 0 Å². The Hall–Kier alpha value is -1.11. The van der Waals surface area contributed by atoms with Gasteiger partial charge in [0.15, 0.2) is 5.75 Å². The summed E-state index contributed by atoms with van der Waals surface area (Å²) in [6.45, 7) is 9.74. The summed E-state index contributed by atoms with van der Waals surface area (Å²) in [5.74, 6) is 0.740. The van der Waals surface area contributed by atoms with E-state index in [9.17, 15) is 0 Å². The van der Waals surface area contributed by atoms with E-state index in [2.05, 4.69) is 23.8 Å². The molecule has 0 radical (unpaired) electrons. The van der Waals surface area contributed by atoms with Gasteiger partial charge < -0.3 is 15.2 Å². The second kappa shape index (κ2) is 6.56. The molecule has 1 fully saturated rings. The molecule has 114 valence electrons. The highest BCUT2D eigenvalue weighted by molar-refractivity contribution is 5.29. The Kier molecular flexibility index (Phi) is 5.01. The number of ether oxygens (including phenoxy) is 2. The number of methoxy groups -OCH3 is 1. The van der Waals surface area contributed by atoms with Crippen LogP contribution in [0.2, 0.25) is 0 Å². The molecule has 6 heteroatoms. The lowest BCUT2D eigenvalue weighted by Gasteiger charge is -2.38. The van der Waals surface area contributed by atoms with E-state index in [-0.39, 0.29) is 12.1 Å². The maximum absolute atomic E-state index is 6.44. The second-order valence-corrected chi connectivity index (χ2v) is 5.44. The molecule has 0 aromatic carbocycles. The van der Waals surface area contributed by atoms with E-state index in [1.807, 2.05) is 11.6 Å². The Bertz CT molecular complexity index is 411. The first-order chi connectivity index (χ1) is 9.58. The largest absolute Gasteiger partial charge is 0.493 e. The molecule has 2 atom stereocenters. The van der Waals surface area contributed by atoms with Crippen LogP contribution < -0.4 is 10.5 Å². The maximum atomic E-state index is 6.44. The highest BCUT2D eigenvalue weighted by Gasteiger charge is 2.31. The van der Waals surface area contributed by atoms with Crippen LogP contribution in [0.3, 0.4) is 0 Å². The average molecular weight is 282 g/mol. The van der Waals surface area contributed by atoms with Gasteiger partial charge in [-0.1, -0.05) is 0 Å². The zero-order valence-corrected chi connectivity index (χ0v) is 12.9. The van der Waals surface area contributed by atoms with Crippen LogP contribution in [0.5, 0.6) is 5.75 Å². The van der Waals surface area contributed by atoms with E-state index in [1.54, 1.807) is 13.3 Å². The van der Waals surface area contributed by atoms with E-state index >= 15 is 0 Å². The van der Waals surface area contributed by atoms with Crippen LogP contribution in [0, 0.1) is 0 Å². The summed E-state index contributed by atoms with van der Waals surface area (Å²) in [7, 11) is 1.65. The van der Waals surface area contributed by atoms with Crippen molar-refractivity contribution in [3.63, 3.8) is 0 Å². The minimum Gasteiger partial charge on any atom is -0.493 e. The fourth-order valence-corrected chi connectivity index (χ4v) is 2.68. The van der Waals surface area contributed by atoms with Crippen molar-refractivity contribution in [1.29, 1.82) is 0 Å². The van der Waals surface area contributed by atoms with E-state index in [0.717, 1.165) is 37.7 Å². The van der Waals surface area contributed by atoms with Gasteiger partial charge in [-0.2, -0.15) is 5.10 Å². The SMILES string of the molecule is CCn1ncc(OC)c1C(N)C1CN(C(C)C)CCO1. The fourth-order valence-electron chi connectivity index (χ4n) is 2.68. The molecule has 1 aliphatic rings. The molecular weight excluding hydrogens is 256 g/mol. The lowest BCUT2D eigenvalue weighted by atomic mass is 10.0. The summed E-state index contributed by atoms with van der Waals surface area (Å²) >= 11 is 0. The summed E-state index contributed by atoms with van der Waals surface area (Å²) < 4.78 is 13.2. The smallest absolute Gasteiger partial charge is 0.161 e. The fraction of sp³-hybridized carbons (Fsp3) is 0.786. The van der Waals surface area contributed by atoms with Crippen molar-refractivity contribution in [3.8, 4) is 5.75 Å². The number of nitrogens with two attached hydrogens (primary N) is 1. The van der Waals surface area contributed by atoms with Crippen molar-refractivity contribution >= 4 is 0 Å². The molecule has 1 aromatic heterocycles. The first-order valence-corrected chi connectivity index (χ1v) is 7.29. The molecule has 2 unspecified atom stereocenters. The summed E-state index contributed by atoms with van der Waals surface area (Å²) in [6, 6.07) is 0.278. The number of morpholine rings is 1. The van der Waals surface area contributed by atoms with Gasteiger partial charge in [0.1, 0.15) is 0 Å². The third kappa shape index (κ3) is 2.97. The minimum absolute atomic E-state index is 0.0259. The Morgan fingerprint density at radius 2 is 2.30 bits per heavy atom. The lowest BCUT2D eigenvalue weighted by molar-refractivity contribution is -0.0516. The van der Waals surface area contributed by atoms with Crippen LogP contribution in [0.15, 0.2) is 6.20 Å². The van der Waals surface area contributed by atoms with Crippen LogP contribution in [0.25, 0.3) is 0 Å². The van der Waals surface area contributed by atoms with E-state index in [1.165, 1.54) is 0 Å². The van der Waals surface area contributed by atoms with Gasteiger partial charge in [0, 0.05) is 25.7 Å². The topological polar surface area (TPSA) is 65.5 Å². The van der Waals surface area contributed by atoms with Gasteiger partial charge in [-0.3, -0.25) is 9.58 Å². The third-order valence-electron chi connectivity index (χ3n) is 3.94. The van der Waals surface area contributed by atoms with Crippen LogP contribution >= 0.6 is 0 Å². The summed E-state index contributed by atoms with van der Waals surface area (Å²) in [5, 5.41) is 4.32. The van der Waals surface area contributed by atoms with Crippen molar-refractivity contribution in [2.24, 2.45) is 5.73 Å². The number of aryl methyl sites for hydroxylation is 1. The molecule has 1 aromatic rings. The van der Waals surface area contributed by atoms with Crippen LogP contribution in [0.1, 0.15) is 32.5 Å². The van der Waals surface area contributed by atoms with Crippen molar-refractivity contribution in [2.75, 3.05) is 26.8 Å². The monoisotopic (exact) mass is 282 g/mol. The highest BCUT2D eigenvalue weighted by atomic mass is 16.5. The molecular formula is C14H26N4O2. The van der Waals surface area contributed by atoms with E-state index in [4.69, 9.17) is 15.2 Å². The number of aromatic nitrogens is 2. The molecule has 0 spiro atoms. The number of hydrogen-bond donors (Lipinski definition) is 1. The standard InChI is InChI=1S/C14H26N4O2/c1-5-18-14(11(19-4)8-16-18)13(15)12-9-17(10(2)3)6-7-20-12/h8,10,12-13H,5-7,9,15H2,1-4H3. The Labute approximate surface area is 120 Å². The minimum atomic E-state index is -0.228. The van der Waals surface area contributed by atoms with Crippen LogP contribution in [0.4, 0.5) is 0 Å². The highest BCUT2D eigenvalue weighted by Crippen LogP contribution is 2.28. The average Bonchev–Trinajstić information content (AvgIpc) is 2.89. The molecule has 2 N–H and O–H groups in total. The molecule has 0 saturated carbocycles. The van der Waals surface area contributed by atoms with E-state index < -0.39 is 0 Å². The first kappa shape index (κ1) is 15.3. The van der Waals surface area contributed by atoms with Gasteiger partial charge in [0.25, 0.3) is 0 Å². The predicted molar refractivity (Wildman–Crippen MR) is 77.8 cm³/mol. The number of rotatable bonds is 5. The van der Waals surface area contributed by atoms with Gasteiger partial charge in [-0.15, -0.1) is 0 Å². The van der Waals surface area contributed by atoms with Crippen molar-refractivity contribution in [1.82, 2.24) is 14.7 Å². The first-order valence-electron chi connectivity index (χ1n) is 7.29. The molecule has 0 bridgehead atoms. The Balaban J connectivity index is 2.18. The molecule has 1 aliphatic heterocycles. The zero-order chi connectivity index (χ0) is 14.7. The van der Waals surface area contributed by atoms with Gasteiger partial charge in [0.05, 0.1) is 37.8 Å². The Morgan fingerprint density at radius 3 is 2.90 bits per heavy atom. The van der Waals surface area contributed by atoms with Gasteiger partial charge in [0.2, 0.25) is 0 Å². The van der Waals surface area contributed by atoms with E-state index in [0.29, 0.717) is 6.04 Å². The van der Waals surface area contributed by atoms with Crippen molar-refractivity contribution < 1.29 is 9.47 Å². The van der Waals surface area contributed by atoms with Crippen LogP contribution in [-0.2, 0) is 11.3 Å². The number of nitrogens with zero attached hydrogens (tertiary/aromatic N) is 3.